The summed E-state index contributed by atoms with van der Waals surface area (Å²) in [5, 5.41) is 19.9. The third-order valence-electron chi connectivity index (χ3n) is 4.04. The topological polar surface area (TPSA) is 102 Å². The van der Waals surface area contributed by atoms with Crippen LogP contribution in [0.4, 0.5) is 0 Å². The first-order valence-electron chi connectivity index (χ1n) is 6.62. The molecule has 0 aromatic heterocycles. The third-order valence-corrected chi connectivity index (χ3v) is 4.04. The molecule has 2 rings (SSSR count). The molecule has 2 aliphatic rings. The lowest BCUT2D eigenvalue weighted by Crippen LogP contribution is -2.53. The minimum Gasteiger partial charge on any atom is -0.389 e. The number of ether oxygens (including phenoxy) is 1. The highest BCUT2D eigenvalue weighted by Crippen LogP contribution is 2.27. The van der Waals surface area contributed by atoms with Crippen molar-refractivity contribution in [2.24, 2.45) is 11.5 Å². The number of aliphatic hydroxyl groups is 2. The molecule has 2 saturated carbocycles. The third kappa shape index (κ3) is 2.98. The van der Waals surface area contributed by atoms with Gasteiger partial charge in [0.2, 0.25) is 0 Å². The Morgan fingerprint density at radius 3 is 1.59 bits per heavy atom. The zero-order valence-corrected chi connectivity index (χ0v) is 10.2. The minimum atomic E-state index is -0.617. The van der Waals surface area contributed by atoms with Gasteiger partial charge in [0.15, 0.2) is 0 Å². The van der Waals surface area contributed by atoms with Crippen LogP contribution in [0.1, 0.15) is 38.5 Å². The van der Waals surface area contributed by atoms with Gasteiger partial charge in [-0.25, -0.2) is 0 Å². The van der Waals surface area contributed by atoms with Gasteiger partial charge in [-0.05, 0) is 38.5 Å². The summed E-state index contributed by atoms with van der Waals surface area (Å²) in [5.74, 6) is 0. The Kier molecular flexibility index (Phi) is 4.38. The molecule has 17 heavy (non-hydrogen) atoms. The van der Waals surface area contributed by atoms with Crippen molar-refractivity contribution >= 4 is 0 Å². The van der Waals surface area contributed by atoms with Gasteiger partial charge in [0.05, 0.1) is 24.4 Å². The molecule has 0 aromatic carbocycles. The van der Waals surface area contributed by atoms with Crippen LogP contribution in [-0.4, -0.2) is 46.7 Å². The minimum absolute atomic E-state index is 0.205. The van der Waals surface area contributed by atoms with Gasteiger partial charge in [0, 0.05) is 12.1 Å². The monoisotopic (exact) mass is 244 g/mol. The first-order valence-corrected chi connectivity index (χ1v) is 6.62. The van der Waals surface area contributed by atoms with E-state index in [0.29, 0.717) is 0 Å². The van der Waals surface area contributed by atoms with Gasteiger partial charge < -0.3 is 26.4 Å². The van der Waals surface area contributed by atoms with E-state index in [1.807, 2.05) is 0 Å². The van der Waals surface area contributed by atoms with Crippen LogP contribution >= 0.6 is 0 Å². The normalized spacial score (nSPS) is 48.0. The average molecular weight is 244 g/mol. The van der Waals surface area contributed by atoms with E-state index in [2.05, 4.69) is 0 Å². The van der Waals surface area contributed by atoms with Crippen LogP contribution in [0.25, 0.3) is 0 Å². The standard InChI is InChI=1S/C12H24N2O3/c13-7-3-1-5-9(11(7)15)17-10-6-2-4-8(14)12(10)16/h7-12,15-16H,1-6,13-14H2. The molecule has 100 valence electrons. The van der Waals surface area contributed by atoms with E-state index < -0.39 is 12.2 Å². The van der Waals surface area contributed by atoms with Crippen molar-refractivity contribution in [1.29, 1.82) is 0 Å². The van der Waals surface area contributed by atoms with Gasteiger partial charge in [-0.15, -0.1) is 0 Å². The van der Waals surface area contributed by atoms with Crippen molar-refractivity contribution in [2.45, 2.75) is 75.0 Å². The number of rotatable bonds is 2. The summed E-state index contributed by atoms with van der Waals surface area (Å²) in [6.45, 7) is 0. The highest BCUT2D eigenvalue weighted by Gasteiger charge is 2.36. The maximum Gasteiger partial charge on any atom is 0.0952 e. The predicted molar refractivity (Wildman–Crippen MR) is 64.3 cm³/mol. The molecule has 0 aromatic rings. The average Bonchev–Trinajstić information content (AvgIpc) is 2.31. The van der Waals surface area contributed by atoms with E-state index in [0.717, 1.165) is 38.5 Å². The summed E-state index contributed by atoms with van der Waals surface area (Å²) in [5.41, 5.74) is 11.6. The lowest BCUT2D eigenvalue weighted by Gasteiger charge is -2.39. The molecule has 0 saturated heterocycles. The number of hydrogen-bond donors (Lipinski definition) is 4. The van der Waals surface area contributed by atoms with E-state index in [9.17, 15) is 10.2 Å². The van der Waals surface area contributed by atoms with Crippen molar-refractivity contribution in [3.05, 3.63) is 0 Å². The molecule has 0 bridgehead atoms. The Morgan fingerprint density at radius 2 is 1.18 bits per heavy atom. The fourth-order valence-electron chi connectivity index (χ4n) is 2.87. The predicted octanol–water partition coefficient (Wildman–Crippen LogP) is -0.516. The van der Waals surface area contributed by atoms with E-state index >= 15 is 0 Å². The fourth-order valence-corrected chi connectivity index (χ4v) is 2.87. The Balaban J connectivity index is 1.90. The Labute approximate surface area is 102 Å². The van der Waals surface area contributed by atoms with Gasteiger partial charge in [-0.2, -0.15) is 0 Å². The van der Waals surface area contributed by atoms with Crippen molar-refractivity contribution < 1.29 is 14.9 Å². The van der Waals surface area contributed by atoms with Gasteiger partial charge in [0.1, 0.15) is 0 Å². The van der Waals surface area contributed by atoms with Crippen molar-refractivity contribution in [3.63, 3.8) is 0 Å². The molecule has 2 aliphatic carbocycles. The van der Waals surface area contributed by atoms with Gasteiger partial charge in [-0.3, -0.25) is 0 Å². The molecule has 6 atom stereocenters. The molecule has 0 radical (unpaired) electrons. The second-order valence-electron chi connectivity index (χ2n) is 5.38. The fraction of sp³-hybridized carbons (Fsp3) is 1.00. The molecular formula is C12H24N2O3. The van der Waals surface area contributed by atoms with Gasteiger partial charge in [0.25, 0.3) is 0 Å². The largest absolute Gasteiger partial charge is 0.389 e. The lowest BCUT2D eigenvalue weighted by molar-refractivity contribution is -0.145. The van der Waals surface area contributed by atoms with Crippen molar-refractivity contribution in [3.8, 4) is 0 Å². The van der Waals surface area contributed by atoms with Crippen LogP contribution in [0.15, 0.2) is 0 Å². The van der Waals surface area contributed by atoms with Crippen molar-refractivity contribution in [2.75, 3.05) is 0 Å². The molecular weight excluding hydrogens is 220 g/mol. The first kappa shape index (κ1) is 13.2. The van der Waals surface area contributed by atoms with E-state index in [4.69, 9.17) is 16.2 Å². The molecule has 2 fully saturated rings. The van der Waals surface area contributed by atoms with E-state index in [1.54, 1.807) is 0 Å². The smallest absolute Gasteiger partial charge is 0.0952 e. The van der Waals surface area contributed by atoms with Crippen LogP contribution in [0.3, 0.4) is 0 Å². The zero-order chi connectivity index (χ0) is 12.4. The number of aliphatic hydroxyl groups excluding tert-OH is 2. The quantitative estimate of drug-likeness (QED) is 0.524. The van der Waals surface area contributed by atoms with E-state index in [1.165, 1.54) is 0 Å². The summed E-state index contributed by atoms with van der Waals surface area (Å²) in [7, 11) is 0. The Hall–Kier alpha value is -0.200. The Morgan fingerprint density at radius 1 is 0.765 bits per heavy atom. The van der Waals surface area contributed by atoms with Gasteiger partial charge in [-0.1, -0.05) is 0 Å². The van der Waals surface area contributed by atoms with Crippen LogP contribution in [0, 0.1) is 0 Å². The molecule has 5 nitrogen and oxygen atoms in total. The summed E-state index contributed by atoms with van der Waals surface area (Å²) in [6, 6.07) is -0.411. The molecule has 6 N–H and O–H groups in total. The molecule has 0 aliphatic heterocycles. The molecule has 0 amide bonds. The van der Waals surface area contributed by atoms with Crippen LogP contribution in [-0.2, 0) is 4.74 Å². The highest BCUT2D eigenvalue weighted by atomic mass is 16.5. The van der Waals surface area contributed by atoms with Crippen molar-refractivity contribution in [1.82, 2.24) is 0 Å². The number of hydrogen-bond acceptors (Lipinski definition) is 5. The second kappa shape index (κ2) is 5.63. The van der Waals surface area contributed by atoms with Crippen LogP contribution in [0.2, 0.25) is 0 Å². The zero-order valence-electron chi connectivity index (χ0n) is 10.2. The summed E-state index contributed by atoms with van der Waals surface area (Å²) in [4.78, 5) is 0. The molecule has 5 heteroatoms. The molecule has 6 unspecified atom stereocenters. The first-order chi connectivity index (χ1) is 8.09. The maximum absolute atomic E-state index is 9.96. The summed E-state index contributed by atoms with van der Waals surface area (Å²) < 4.78 is 5.84. The summed E-state index contributed by atoms with van der Waals surface area (Å²) in [6.07, 6.45) is 3.52. The highest BCUT2D eigenvalue weighted by molar-refractivity contribution is 4.90. The Bertz CT molecular complexity index is 228. The van der Waals surface area contributed by atoms with Crippen LogP contribution in [0.5, 0.6) is 0 Å². The summed E-state index contributed by atoms with van der Waals surface area (Å²) >= 11 is 0. The second-order valence-corrected chi connectivity index (χ2v) is 5.38. The maximum atomic E-state index is 9.96. The number of nitrogens with two attached hydrogens (primary N) is 2. The molecule has 0 spiro atoms. The van der Waals surface area contributed by atoms with E-state index in [-0.39, 0.29) is 24.3 Å². The van der Waals surface area contributed by atoms with Gasteiger partial charge >= 0.3 is 0 Å². The molecule has 0 heterocycles. The SMILES string of the molecule is NC1CCCC(OC2CCCC(N)C2O)C1O. The lowest BCUT2D eigenvalue weighted by atomic mass is 9.88. The van der Waals surface area contributed by atoms with Crippen LogP contribution < -0.4 is 11.5 Å².